The van der Waals surface area contributed by atoms with E-state index in [9.17, 15) is 14.4 Å². The van der Waals surface area contributed by atoms with Gasteiger partial charge in [-0.25, -0.2) is 0 Å². The number of hydrazine groups is 1. The van der Waals surface area contributed by atoms with Crippen LogP contribution in [0.15, 0.2) is 66.7 Å². The predicted molar refractivity (Wildman–Crippen MR) is 90.1 cm³/mol. The van der Waals surface area contributed by atoms with Crippen molar-refractivity contribution >= 4 is 23.8 Å². The first kappa shape index (κ1) is 17.0. The summed E-state index contributed by atoms with van der Waals surface area (Å²) in [5, 5.41) is 2.46. The molecule has 2 aromatic carbocycles. The van der Waals surface area contributed by atoms with Crippen molar-refractivity contribution in [3.05, 3.63) is 77.9 Å². The number of benzene rings is 2. The fourth-order valence-corrected chi connectivity index (χ4v) is 1.81. The lowest BCUT2D eigenvalue weighted by Gasteiger charge is -2.06. The maximum absolute atomic E-state index is 11.6. The Morgan fingerprint density at radius 2 is 1.42 bits per heavy atom. The van der Waals surface area contributed by atoms with Crippen LogP contribution in [0.1, 0.15) is 11.1 Å². The van der Waals surface area contributed by atoms with Gasteiger partial charge in [0.2, 0.25) is 0 Å². The smallest absolute Gasteiger partial charge is 0.327 e. The van der Waals surface area contributed by atoms with Crippen molar-refractivity contribution in [2.75, 3.05) is 0 Å². The largest absolute Gasteiger partial charge is 0.344 e. The van der Waals surface area contributed by atoms with E-state index < -0.39 is 17.7 Å². The molecule has 0 unspecified atom stereocenters. The van der Waals surface area contributed by atoms with E-state index in [4.69, 9.17) is 0 Å². The van der Waals surface area contributed by atoms with Crippen LogP contribution in [-0.2, 0) is 20.9 Å². The zero-order valence-electron chi connectivity index (χ0n) is 12.9. The molecule has 6 nitrogen and oxygen atoms in total. The topological polar surface area (TPSA) is 87.3 Å². The number of carbonyl (C=O) groups is 3. The standard InChI is InChI=1S/C18H17N3O3/c22-16(12-11-14-7-3-1-4-8-14)20-21-18(24)17(23)19-13-15-9-5-2-6-10-15/h1-12H,13H2,(H,19,23)(H,20,22)(H,21,24)/b12-11+. The Kier molecular flexibility index (Phi) is 6.28. The molecule has 0 spiro atoms. The van der Waals surface area contributed by atoms with Gasteiger partial charge in [0, 0.05) is 12.6 Å². The Morgan fingerprint density at radius 1 is 0.792 bits per heavy atom. The first-order valence-electron chi connectivity index (χ1n) is 7.30. The van der Waals surface area contributed by atoms with Crippen molar-refractivity contribution < 1.29 is 14.4 Å². The fourth-order valence-electron chi connectivity index (χ4n) is 1.81. The molecular formula is C18H17N3O3. The summed E-state index contributed by atoms with van der Waals surface area (Å²) in [5.41, 5.74) is 5.91. The van der Waals surface area contributed by atoms with E-state index in [0.717, 1.165) is 11.1 Å². The average molecular weight is 323 g/mol. The summed E-state index contributed by atoms with van der Waals surface area (Å²) in [5.74, 6) is -2.30. The molecule has 0 saturated heterocycles. The van der Waals surface area contributed by atoms with E-state index in [2.05, 4.69) is 16.2 Å². The van der Waals surface area contributed by atoms with E-state index in [-0.39, 0.29) is 6.54 Å². The maximum atomic E-state index is 11.6. The molecule has 122 valence electrons. The predicted octanol–water partition coefficient (Wildman–Crippen LogP) is 1.16. The minimum atomic E-state index is -0.938. The molecule has 0 aromatic heterocycles. The molecule has 0 atom stereocenters. The van der Waals surface area contributed by atoms with Crippen LogP contribution in [0.3, 0.4) is 0 Å². The molecule has 0 bridgehead atoms. The SMILES string of the molecule is O=C(/C=C/c1ccccc1)NNC(=O)C(=O)NCc1ccccc1. The number of rotatable bonds is 4. The van der Waals surface area contributed by atoms with E-state index >= 15 is 0 Å². The van der Waals surface area contributed by atoms with Crippen LogP contribution in [0.4, 0.5) is 0 Å². The van der Waals surface area contributed by atoms with E-state index in [1.807, 2.05) is 60.7 Å². The van der Waals surface area contributed by atoms with E-state index in [1.54, 1.807) is 6.08 Å². The highest BCUT2D eigenvalue weighted by Crippen LogP contribution is 2.00. The van der Waals surface area contributed by atoms with Gasteiger partial charge in [-0.2, -0.15) is 0 Å². The molecule has 6 heteroatoms. The van der Waals surface area contributed by atoms with Crippen LogP contribution < -0.4 is 16.2 Å². The van der Waals surface area contributed by atoms with Gasteiger partial charge in [0.1, 0.15) is 0 Å². The second-order valence-electron chi connectivity index (χ2n) is 4.86. The number of nitrogens with one attached hydrogen (secondary N) is 3. The van der Waals surface area contributed by atoms with Crippen molar-refractivity contribution in [3.8, 4) is 0 Å². The van der Waals surface area contributed by atoms with Gasteiger partial charge in [0.25, 0.3) is 5.91 Å². The lowest BCUT2D eigenvalue weighted by atomic mass is 10.2. The quantitative estimate of drug-likeness (QED) is 0.448. The molecule has 0 fully saturated rings. The van der Waals surface area contributed by atoms with Crippen LogP contribution in [0.25, 0.3) is 6.08 Å². The third kappa shape index (κ3) is 5.76. The third-order valence-corrected chi connectivity index (χ3v) is 3.03. The lowest BCUT2D eigenvalue weighted by molar-refractivity contribution is -0.140. The Bertz CT molecular complexity index is 728. The van der Waals surface area contributed by atoms with Gasteiger partial charge in [0.15, 0.2) is 0 Å². The number of hydrogen-bond donors (Lipinski definition) is 3. The van der Waals surface area contributed by atoms with Gasteiger partial charge in [-0.05, 0) is 17.2 Å². The van der Waals surface area contributed by atoms with E-state index in [0.29, 0.717) is 0 Å². The number of carbonyl (C=O) groups excluding carboxylic acids is 3. The average Bonchev–Trinajstić information content (AvgIpc) is 2.64. The van der Waals surface area contributed by atoms with Crippen LogP contribution in [0, 0.1) is 0 Å². The van der Waals surface area contributed by atoms with Crippen molar-refractivity contribution in [2.45, 2.75) is 6.54 Å². The molecular weight excluding hydrogens is 306 g/mol. The number of amides is 3. The summed E-state index contributed by atoms with van der Waals surface area (Å²) in [7, 11) is 0. The highest BCUT2D eigenvalue weighted by atomic mass is 16.2. The monoisotopic (exact) mass is 323 g/mol. The normalized spacial score (nSPS) is 10.2. The summed E-state index contributed by atoms with van der Waals surface area (Å²) < 4.78 is 0. The zero-order valence-corrected chi connectivity index (χ0v) is 12.9. The van der Waals surface area contributed by atoms with Crippen LogP contribution in [0.5, 0.6) is 0 Å². The van der Waals surface area contributed by atoms with Gasteiger partial charge < -0.3 is 5.32 Å². The molecule has 0 aliphatic heterocycles. The summed E-state index contributed by atoms with van der Waals surface area (Å²) >= 11 is 0. The van der Waals surface area contributed by atoms with Gasteiger partial charge in [-0.1, -0.05) is 60.7 Å². The van der Waals surface area contributed by atoms with Crippen molar-refractivity contribution in [1.82, 2.24) is 16.2 Å². The minimum absolute atomic E-state index is 0.231. The Hall–Kier alpha value is -3.41. The second kappa shape index (κ2) is 8.89. The Balaban J connectivity index is 1.72. The molecule has 0 saturated carbocycles. The third-order valence-electron chi connectivity index (χ3n) is 3.03. The summed E-state index contributed by atoms with van der Waals surface area (Å²) in [4.78, 5) is 34.8. The molecule has 0 heterocycles. The zero-order chi connectivity index (χ0) is 17.2. The molecule has 0 aliphatic rings. The molecule has 2 aromatic rings. The van der Waals surface area contributed by atoms with Crippen molar-refractivity contribution in [3.63, 3.8) is 0 Å². The molecule has 3 N–H and O–H groups in total. The highest BCUT2D eigenvalue weighted by molar-refractivity contribution is 6.35. The van der Waals surface area contributed by atoms with Crippen molar-refractivity contribution in [2.24, 2.45) is 0 Å². The summed E-state index contributed by atoms with van der Waals surface area (Å²) in [6, 6.07) is 18.4. The lowest BCUT2D eigenvalue weighted by Crippen LogP contribution is -2.47. The van der Waals surface area contributed by atoms with Gasteiger partial charge in [-0.15, -0.1) is 0 Å². The molecule has 3 amide bonds. The molecule has 24 heavy (non-hydrogen) atoms. The maximum Gasteiger partial charge on any atom is 0.327 e. The van der Waals surface area contributed by atoms with Gasteiger partial charge >= 0.3 is 11.8 Å². The van der Waals surface area contributed by atoms with Gasteiger partial charge in [0.05, 0.1) is 0 Å². The first-order chi connectivity index (χ1) is 11.6. The van der Waals surface area contributed by atoms with Crippen LogP contribution in [-0.4, -0.2) is 17.7 Å². The van der Waals surface area contributed by atoms with Crippen LogP contribution >= 0.6 is 0 Å². The number of hydrogen-bond acceptors (Lipinski definition) is 3. The first-order valence-corrected chi connectivity index (χ1v) is 7.30. The fraction of sp³-hybridized carbons (Fsp3) is 0.0556. The van der Waals surface area contributed by atoms with Gasteiger partial charge in [-0.3, -0.25) is 25.2 Å². The highest BCUT2D eigenvalue weighted by Gasteiger charge is 2.13. The Morgan fingerprint density at radius 3 is 2.08 bits per heavy atom. The Labute approximate surface area is 139 Å². The minimum Gasteiger partial charge on any atom is -0.344 e. The molecule has 2 rings (SSSR count). The van der Waals surface area contributed by atoms with E-state index in [1.165, 1.54) is 6.08 Å². The molecule has 0 aliphatic carbocycles. The molecule has 0 radical (unpaired) electrons. The summed E-state index contributed by atoms with van der Waals surface area (Å²) in [6.07, 6.45) is 2.86. The van der Waals surface area contributed by atoms with Crippen molar-refractivity contribution in [1.29, 1.82) is 0 Å². The summed E-state index contributed by atoms with van der Waals surface area (Å²) in [6.45, 7) is 0.231. The second-order valence-corrected chi connectivity index (χ2v) is 4.86. The van der Waals surface area contributed by atoms with Crippen LogP contribution in [0.2, 0.25) is 0 Å².